The zero-order valence-corrected chi connectivity index (χ0v) is 16.3. The molecule has 1 aliphatic rings. The van der Waals surface area contributed by atoms with Crippen LogP contribution in [0.1, 0.15) is 48.5 Å². The first-order chi connectivity index (χ1) is 12.8. The van der Waals surface area contributed by atoms with Crippen molar-refractivity contribution in [3.05, 3.63) is 35.2 Å². The van der Waals surface area contributed by atoms with E-state index in [1.807, 2.05) is 0 Å². The molecule has 9 nitrogen and oxygen atoms in total. The maximum absolute atomic E-state index is 12.4. The number of carbonyl (C=O) groups excluding carboxylic acids is 1. The van der Waals surface area contributed by atoms with Crippen LogP contribution in [-0.4, -0.2) is 42.0 Å². The van der Waals surface area contributed by atoms with E-state index in [-0.39, 0.29) is 16.3 Å². The van der Waals surface area contributed by atoms with Crippen molar-refractivity contribution in [3.8, 4) is 0 Å². The van der Waals surface area contributed by atoms with E-state index in [0.717, 1.165) is 24.2 Å². The molecule has 2 aromatic rings. The second-order valence-corrected chi connectivity index (χ2v) is 8.41. The Hall–Kier alpha value is -2.33. The Morgan fingerprint density at radius 3 is 2.52 bits per heavy atom. The molecule has 0 saturated heterocycles. The molecule has 3 rings (SSSR count). The molecule has 2 heterocycles. The summed E-state index contributed by atoms with van der Waals surface area (Å²) in [5.41, 5.74) is 1.17. The molecule has 1 amide bonds. The summed E-state index contributed by atoms with van der Waals surface area (Å²) in [4.78, 5) is 20.8. The number of aryl methyl sites for hydroxylation is 2. The average molecular weight is 393 g/mol. The SMILES string of the molecule is Cc1noc(C)c1S(=O)(=O)N[C@@H](C)C(=O)NCCc1cnc(C2CC2)nc1. The molecular weight excluding hydrogens is 370 g/mol. The van der Waals surface area contributed by atoms with Crippen molar-refractivity contribution in [2.45, 2.75) is 56.9 Å². The Labute approximate surface area is 158 Å². The molecule has 2 aromatic heterocycles. The van der Waals surface area contributed by atoms with E-state index < -0.39 is 22.0 Å². The fourth-order valence-electron chi connectivity index (χ4n) is 2.73. The van der Waals surface area contributed by atoms with Crippen molar-refractivity contribution in [2.75, 3.05) is 6.54 Å². The van der Waals surface area contributed by atoms with Gasteiger partial charge in [-0.05, 0) is 45.6 Å². The summed E-state index contributed by atoms with van der Waals surface area (Å²) in [6, 6.07) is -0.933. The summed E-state index contributed by atoms with van der Waals surface area (Å²) >= 11 is 0. The Kier molecular flexibility index (Phi) is 5.56. The maximum atomic E-state index is 12.4. The highest BCUT2D eigenvalue weighted by Crippen LogP contribution is 2.37. The predicted octanol–water partition coefficient (Wildman–Crippen LogP) is 0.985. The largest absolute Gasteiger partial charge is 0.360 e. The molecular formula is C17H23N5O4S. The monoisotopic (exact) mass is 393 g/mol. The van der Waals surface area contributed by atoms with Crippen molar-refractivity contribution >= 4 is 15.9 Å². The summed E-state index contributed by atoms with van der Waals surface area (Å²) in [5.74, 6) is 1.15. The van der Waals surface area contributed by atoms with Crippen molar-refractivity contribution < 1.29 is 17.7 Å². The van der Waals surface area contributed by atoms with E-state index >= 15 is 0 Å². The molecule has 0 unspecified atom stereocenters. The van der Waals surface area contributed by atoms with Gasteiger partial charge in [-0.1, -0.05) is 5.16 Å². The molecule has 27 heavy (non-hydrogen) atoms. The van der Waals surface area contributed by atoms with Crippen LogP contribution in [0.5, 0.6) is 0 Å². The van der Waals surface area contributed by atoms with Crippen LogP contribution in [0.3, 0.4) is 0 Å². The average Bonchev–Trinajstić information content (AvgIpc) is 3.39. The molecule has 0 spiro atoms. The third-order valence-electron chi connectivity index (χ3n) is 4.34. The van der Waals surface area contributed by atoms with E-state index in [2.05, 4.69) is 25.2 Å². The van der Waals surface area contributed by atoms with Crippen LogP contribution in [-0.2, 0) is 21.2 Å². The minimum atomic E-state index is -3.89. The minimum Gasteiger partial charge on any atom is -0.360 e. The van der Waals surface area contributed by atoms with Crippen LogP contribution in [0, 0.1) is 13.8 Å². The van der Waals surface area contributed by atoms with E-state index in [4.69, 9.17) is 4.52 Å². The van der Waals surface area contributed by atoms with Crippen LogP contribution in [0.2, 0.25) is 0 Å². The Morgan fingerprint density at radius 2 is 1.96 bits per heavy atom. The highest BCUT2D eigenvalue weighted by molar-refractivity contribution is 7.89. The van der Waals surface area contributed by atoms with Gasteiger partial charge in [0.05, 0.1) is 6.04 Å². The molecule has 10 heteroatoms. The normalized spacial score (nSPS) is 15.5. The van der Waals surface area contributed by atoms with Gasteiger partial charge in [-0.25, -0.2) is 18.4 Å². The van der Waals surface area contributed by atoms with Gasteiger partial charge < -0.3 is 9.84 Å². The fraction of sp³-hybridized carbons (Fsp3) is 0.529. The second-order valence-electron chi connectivity index (χ2n) is 6.76. The summed E-state index contributed by atoms with van der Waals surface area (Å²) in [6.07, 6.45) is 6.42. The van der Waals surface area contributed by atoms with Crippen LogP contribution in [0.15, 0.2) is 21.8 Å². The Morgan fingerprint density at radius 1 is 1.30 bits per heavy atom. The maximum Gasteiger partial charge on any atom is 0.246 e. The zero-order valence-electron chi connectivity index (χ0n) is 15.5. The number of carbonyl (C=O) groups is 1. The first kappa shape index (κ1) is 19.4. The molecule has 2 N–H and O–H groups in total. The van der Waals surface area contributed by atoms with E-state index in [1.54, 1.807) is 12.4 Å². The molecule has 1 fully saturated rings. The standard InChI is InChI=1S/C17H23N5O4S/c1-10-15(12(3)26-21-10)27(24,25)22-11(2)17(23)18-7-6-13-8-19-16(20-9-13)14-4-5-14/h8-9,11,14,22H,4-7H2,1-3H3,(H,18,23)/t11-/m0/s1. The molecule has 146 valence electrons. The summed E-state index contributed by atoms with van der Waals surface area (Å²) in [5, 5.41) is 6.35. The quantitative estimate of drug-likeness (QED) is 0.684. The molecule has 0 radical (unpaired) electrons. The van der Waals surface area contributed by atoms with E-state index in [9.17, 15) is 13.2 Å². The van der Waals surface area contributed by atoms with Gasteiger partial charge in [0, 0.05) is 24.9 Å². The smallest absolute Gasteiger partial charge is 0.246 e. The molecule has 1 saturated carbocycles. The van der Waals surface area contributed by atoms with Gasteiger partial charge in [-0.15, -0.1) is 0 Å². The molecule has 1 aliphatic carbocycles. The lowest BCUT2D eigenvalue weighted by Crippen LogP contribution is -2.45. The third kappa shape index (κ3) is 4.69. The lowest BCUT2D eigenvalue weighted by molar-refractivity contribution is -0.122. The topological polar surface area (TPSA) is 127 Å². The molecule has 0 aliphatic heterocycles. The first-order valence-electron chi connectivity index (χ1n) is 8.81. The van der Waals surface area contributed by atoms with Crippen molar-refractivity contribution in [3.63, 3.8) is 0 Å². The van der Waals surface area contributed by atoms with Gasteiger partial charge in [-0.2, -0.15) is 4.72 Å². The first-order valence-corrected chi connectivity index (χ1v) is 10.3. The van der Waals surface area contributed by atoms with Crippen molar-refractivity contribution in [1.29, 1.82) is 0 Å². The second kappa shape index (κ2) is 7.73. The number of amides is 1. The van der Waals surface area contributed by atoms with Gasteiger partial charge >= 0.3 is 0 Å². The molecule has 0 aromatic carbocycles. The Bertz CT molecular complexity index is 900. The number of hydrogen-bond acceptors (Lipinski definition) is 7. The minimum absolute atomic E-state index is 0.0324. The van der Waals surface area contributed by atoms with Gasteiger partial charge in [0.1, 0.15) is 16.4 Å². The number of hydrogen-bond donors (Lipinski definition) is 2. The summed E-state index contributed by atoms with van der Waals surface area (Å²) < 4.78 is 32.1. The van der Waals surface area contributed by atoms with Gasteiger partial charge in [-0.3, -0.25) is 4.79 Å². The van der Waals surface area contributed by atoms with E-state index in [1.165, 1.54) is 20.8 Å². The van der Waals surface area contributed by atoms with Crippen LogP contribution in [0.25, 0.3) is 0 Å². The highest BCUT2D eigenvalue weighted by atomic mass is 32.2. The van der Waals surface area contributed by atoms with E-state index in [0.29, 0.717) is 18.9 Å². The highest BCUT2D eigenvalue weighted by Gasteiger charge is 2.28. The molecule has 1 atom stereocenters. The van der Waals surface area contributed by atoms with Crippen LogP contribution >= 0.6 is 0 Å². The number of rotatable bonds is 8. The van der Waals surface area contributed by atoms with Gasteiger partial charge in [0.2, 0.25) is 15.9 Å². The third-order valence-corrected chi connectivity index (χ3v) is 6.13. The van der Waals surface area contributed by atoms with Gasteiger partial charge in [0.25, 0.3) is 0 Å². The molecule has 0 bridgehead atoms. The summed E-state index contributed by atoms with van der Waals surface area (Å²) in [7, 11) is -3.89. The van der Waals surface area contributed by atoms with Crippen LogP contribution in [0.4, 0.5) is 0 Å². The van der Waals surface area contributed by atoms with Crippen molar-refractivity contribution in [2.24, 2.45) is 0 Å². The number of aromatic nitrogens is 3. The summed E-state index contributed by atoms with van der Waals surface area (Å²) in [6.45, 7) is 4.89. The number of sulfonamides is 1. The Balaban J connectivity index is 1.50. The zero-order chi connectivity index (χ0) is 19.6. The predicted molar refractivity (Wildman–Crippen MR) is 96.5 cm³/mol. The fourth-order valence-corrected chi connectivity index (χ4v) is 4.27. The number of nitrogens with one attached hydrogen (secondary N) is 2. The van der Waals surface area contributed by atoms with Crippen LogP contribution < -0.4 is 10.0 Å². The lowest BCUT2D eigenvalue weighted by atomic mass is 10.2. The lowest BCUT2D eigenvalue weighted by Gasteiger charge is -2.14. The number of nitrogens with zero attached hydrogens (tertiary/aromatic N) is 3. The van der Waals surface area contributed by atoms with Crippen molar-refractivity contribution in [1.82, 2.24) is 25.2 Å². The van der Waals surface area contributed by atoms with Gasteiger partial charge in [0.15, 0.2) is 5.76 Å².